The highest BCUT2D eigenvalue weighted by Crippen LogP contribution is 2.31. The fourth-order valence-electron chi connectivity index (χ4n) is 3.45. The quantitative estimate of drug-likeness (QED) is 0.709. The predicted molar refractivity (Wildman–Crippen MR) is 87.5 cm³/mol. The first-order valence-electron chi connectivity index (χ1n) is 7.87. The van der Waals surface area contributed by atoms with Crippen LogP contribution in [-0.4, -0.2) is 28.0 Å². The summed E-state index contributed by atoms with van der Waals surface area (Å²) in [6.45, 7) is 2.19. The van der Waals surface area contributed by atoms with Gasteiger partial charge in [-0.1, -0.05) is 0 Å². The summed E-state index contributed by atoms with van der Waals surface area (Å²) in [7, 11) is 0. The van der Waals surface area contributed by atoms with Crippen molar-refractivity contribution >= 4 is 22.2 Å². The maximum atomic E-state index is 14.1. The Morgan fingerprint density at radius 3 is 2.71 bits per heavy atom. The Morgan fingerprint density at radius 1 is 1.21 bits per heavy atom. The van der Waals surface area contributed by atoms with Crippen molar-refractivity contribution in [2.24, 2.45) is 0 Å². The van der Waals surface area contributed by atoms with Crippen molar-refractivity contribution in [2.75, 3.05) is 13.1 Å². The molecule has 7 heteroatoms. The van der Waals surface area contributed by atoms with Gasteiger partial charge >= 0.3 is 0 Å². The number of hydrogen-bond acceptors (Lipinski definition) is 3. The predicted octanol–water partition coefficient (Wildman–Crippen LogP) is 4.42. The van der Waals surface area contributed by atoms with Gasteiger partial charge in [0.1, 0.15) is 5.82 Å². The Balaban J connectivity index is 1.52. The maximum absolute atomic E-state index is 14.1. The van der Waals surface area contributed by atoms with E-state index in [-0.39, 0.29) is 10.9 Å². The van der Waals surface area contributed by atoms with Crippen LogP contribution in [0.25, 0.3) is 10.9 Å². The topological polar surface area (TPSA) is 31.9 Å². The van der Waals surface area contributed by atoms with E-state index in [2.05, 4.69) is 20.2 Å². The van der Waals surface area contributed by atoms with Crippen LogP contribution in [0.1, 0.15) is 30.0 Å². The van der Waals surface area contributed by atoms with Gasteiger partial charge in [-0.25, -0.2) is 18.2 Å². The highest BCUT2D eigenvalue weighted by molar-refractivity contribution is 7.07. The SMILES string of the molecule is Fc1cc(F)c2[nH]cc(CN3CCC(c4cscn4)CC3)c2c1F. The average molecular weight is 351 g/mol. The summed E-state index contributed by atoms with van der Waals surface area (Å²) in [5.74, 6) is -2.44. The molecule has 0 bridgehead atoms. The molecule has 3 nitrogen and oxygen atoms in total. The molecule has 2 aromatic heterocycles. The van der Waals surface area contributed by atoms with Crippen molar-refractivity contribution in [3.63, 3.8) is 0 Å². The van der Waals surface area contributed by atoms with Crippen LogP contribution in [0, 0.1) is 17.5 Å². The van der Waals surface area contributed by atoms with Crippen LogP contribution in [0.4, 0.5) is 13.2 Å². The van der Waals surface area contributed by atoms with E-state index in [1.165, 1.54) is 0 Å². The first kappa shape index (κ1) is 15.7. The third-order valence-electron chi connectivity index (χ3n) is 4.73. The van der Waals surface area contributed by atoms with E-state index in [1.807, 2.05) is 5.51 Å². The molecule has 1 aliphatic rings. The van der Waals surface area contributed by atoms with Gasteiger partial charge in [-0.15, -0.1) is 11.3 Å². The van der Waals surface area contributed by atoms with Crippen molar-refractivity contribution < 1.29 is 13.2 Å². The van der Waals surface area contributed by atoms with E-state index < -0.39 is 17.5 Å². The lowest BCUT2D eigenvalue weighted by molar-refractivity contribution is 0.204. The lowest BCUT2D eigenvalue weighted by Gasteiger charge is -2.31. The largest absolute Gasteiger partial charge is 0.358 e. The van der Waals surface area contributed by atoms with Gasteiger partial charge in [-0.2, -0.15) is 0 Å². The van der Waals surface area contributed by atoms with Crippen LogP contribution >= 0.6 is 11.3 Å². The minimum atomic E-state index is -1.15. The number of halogens is 3. The van der Waals surface area contributed by atoms with Crippen molar-refractivity contribution in [3.8, 4) is 0 Å². The molecule has 1 N–H and O–H groups in total. The highest BCUT2D eigenvalue weighted by atomic mass is 32.1. The molecule has 24 heavy (non-hydrogen) atoms. The molecule has 0 amide bonds. The third-order valence-corrected chi connectivity index (χ3v) is 5.34. The Morgan fingerprint density at radius 2 is 2.00 bits per heavy atom. The Labute approximate surface area is 141 Å². The van der Waals surface area contributed by atoms with E-state index in [1.54, 1.807) is 17.5 Å². The van der Waals surface area contributed by atoms with Crippen LogP contribution in [0.5, 0.6) is 0 Å². The molecule has 3 heterocycles. The molecule has 0 atom stereocenters. The minimum Gasteiger partial charge on any atom is -0.358 e. The lowest BCUT2D eigenvalue weighted by atomic mass is 9.94. The van der Waals surface area contributed by atoms with E-state index in [0.29, 0.717) is 24.1 Å². The van der Waals surface area contributed by atoms with Gasteiger partial charge in [0.05, 0.1) is 16.7 Å². The van der Waals surface area contributed by atoms with Gasteiger partial charge in [-0.3, -0.25) is 4.90 Å². The molecule has 0 radical (unpaired) electrons. The molecule has 1 saturated heterocycles. The summed E-state index contributed by atoms with van der Waals surface area (Å²) in [5, 5.41) is 2.11. The Hall–Kier alpha value is -1.86. The number of nitrogens with zero attached hydrogens (tertiary/aromatic N) is 2. The third kappa shape index (κ3) is 2.71. The normalized spacial score (nSPS) is 17.0. The number of aromatic amines is 1. The molecule has 4 rings (SSSR count). The van der Waals surface area contributed by atoms with Crippen LogP contribution in [0.15, 0.2) is 23.2 Å². The smallest absolute Gasteiger partial charge is 0.168 e. The molecule has 1 aromatic carbocycles. The fourth-order valence-corrected chi connectivity index (χ4v) is 4.08. The number of H-pyrrole nitrogens is 1. The summed E-state index contributed by atoms with van der Waals surface area (Å²) in [4.78, 5) is 9.29. The van der Waals surface area contributed by atoms with Gasteiger partial charge in [0.25, 0.3) is 0 Å². The molecule has 1 aliphatic heterocycles. The number of benzene rings is 1. The maximum Gasteiger partial charge on any atom is 0.168 e. The van der Waals surface area contributed by atoms with Gasteiger partial charge in [0.15, 0.2) is 11.6 Å². The highest BCUT2D eigenvalue weighted by Gasteiger charge is 2.24. The van der Waals surface area contributed by atoms with Crippen molar-refractivity contribution in [1.29, 1.82) is 0 Å². The van der Waals surface area contributed by atoms with E-state index in [4.69, 9.17) is 0 Å². The summed E-state index contributed by atoms with van der Waals surface area (Å²) >= 11 is 1.60. The molecule has 1 fully saturated rings. The van der Waals surface area contributed by atoms with Crippen molar-refractivity contribution in [2.45, 2.75) is 25.3 Å². The summed E-state index contributed by atoms with van der Waals surface area (Å²) in [5.41, 5.74) is 3.61. The van der Waals surface area contributed by atoms with Gasteiger partial charge in [0.2, 0.25) is 0 Å². The zero-order chi connectivity index (χ0) is 16.7. The Bertz CT molecular complexity index is 852. The van der Waals surface area contributed by atoms with E-state index in [9.17, 15) is 13.2 Å². The van der Waals surface area contributed by atoms with Crippen LogP contribution in [-0.2, 0) is 6.54 Å². The number of likely N-dealkylation sites (tertiary alicyclic amines) is 1. The van der Waals surface area contributed by atoms with Gasteiger partial charge in [-0.05, 0) is 31.5 Å². The molecule has 0 aliphatic carbocycles. The van der Waals surface area contributed by atoms with Crippen LogP contribution < -0.4 is 0 Å². The molecular weight excluding hydrogens is 335 g/mol. The Kier molecular flexibility index (Phi) is 4.05. The number of fused-ring (bicyclic) bond motifs is 1. The number of aromatic nitrogens is 2. The lowest BCUT2D eigenvalue weighted by Crippen LogP contribution is -2.32. The number of piperidine rings is 1. The molecule has 126 valence electrons. The minimum absolute atomic E-state index is 0.0223. The molecule has 0 saturated carbocycles. The second-order valence-corrected chi connectivity index (χ2v) is 6.90. The summed E-state index contributed by atoms with van der Waals surface area (Å²) < 4.78 is 41.4. The average Bonchev–Trinajstić information content (AvgIpc) is 3.24. The van der Waals surface area contributed by atoms with E-state index >= 15 is 0 Å². The number of rotatable bonds is 3. The fraction of sp³-hybridized carbons (Fsp3) is 0.353. The van der Waals surface area contributed by atoms with Crippen LogP contribution in [0.3, 0.4) is 0 Å². The molecule has 0 unspecified atom stereocenters. The van der Waals surface area contributed by atoms with Gasteiger partial charge in [0, 0.05) is 35.5 Å². The monoisotopic (exact) mass is 351 g/mol. The first-order chi connectivity index (χ1) is 11.6. The molecule has 0 spiro atoms. The zero-order valence-corrected chi connectivity index (χ0v) is 13.7. The second kappa shape index (κ2) is 6.22. The summed E-state index contributed by atoms with van der Waals surface area (Å²) in [6, 6.07) is 0.581. The zero-order valence-electron chi connectivity index (χ0n) is 12.9. The van der Waals surface area contributed by atoms with E-state index in [0.717, 1.165) is 31.6 Å². The first-order valence-corrected chi connectivity index (χ1v) is 8.81. The number of nitrogens with one attached hydrogen (secondary N) is 1. The number of thiazole rings is 1. The molecule has 3 aromatic rings. The second-order valence-electron chi connectivity index (χ2n) is 6.18. The molecular formula is C17H16F3N3S. The van der Waals surface area contributed by atoms with Gasteiger partial charge < -0.3 is 4.98 Å². The van der Waals surface area contributed by atoms with Crippen molar-refractivity contribution in [1.82, 2.24) is 14.9 Å². The van der Waals surface area contributed by atoms with Crippen molar-refractivity contribution in [3.05, 3.63) is 51.9 Å². The van der Waals surface area contributed by atoms with Crippen LogP contribution in [0.2, 0.25) is 0 Å². The standard InChI is InChI=1S/C17H16F3N3S/c18-12-5-13(19)17-15(16(12)20)11(6-21-17)7-23-3-1-10(2-4-23)14-8-24-9-22-14/h5-6,8-10,21H,1-4,7H2. The summed E-state index contributed by atoms with van der Waals surface area (Å²) in [6.07, 6.45) is 3.54. The number of hydrogen-bond donors (Lipinski definition) is 1.